The molecule has 1 rings (SSSR count). The lowest BCUT2D eigenvalue weighted by Crippen LogP contribution is -2.38. The Balaban J connectivity index is 2.39. The number of aryl methyl sites for hydroxylation is 1. The molecule has 0 radical (unpaired) electrons. The Bertz CT molecular complexity index is 390. The molecule has 0 saturated carbocycles. The maximum Gasteiger partial charge on any atom is 0.220 e. The third-order valence-corrected chi connectivity index (χ3v) is 3.54. The zero-order valence-corrected chi connectivity index (χ0v) is 12.0. The third kappa shape index (κ3) is 4.70. The standard InChI is InChI=1S/C12H21N3O2S/c1-4-18-6-5-11(16)13-9-12(2,17)10-7-14-15(3)8-10/h7-8,17H,4-6,9H2,1-3H3,(H,13,16). The average molecular weight is 271 g/mol. The molecule has 0 bridgehead atoms. The number of hydrogen-bond acceptors (Lipinski definition) is 4. The molecule has 0 spiro atoms. The summed E-state index contributed by atoms with van der Waals surface area (Å²) in [4.78, 5) is 11.5. The first-order valence-corrected chi connectivity index (χ1v) is 7.17. The Morgan fingerprint density at radius 1 is 1.67 bits per heavy atom. The highest BCUT2D eigenvalue weighted by molar-refractivity contribution is 7.99. The molecule has 0 aliphatic carbocycles. The summed E-state index contributed by atoms with van der Waals surface area (Å²) < 4.78 is 1.63. The van der Waals surface area contributed by atoms with E-state index in [1.165, 1.54) is 0 Å². The molecule has 0 saturated heterocycles. The van der Waals surface area contributed by atoms with Gasteiger partial charge in [0.05, 0.1) is 12.7 Å². The summed E-state index contributed by atoms with van der Waals surface area (Å²) in [5, 5.41) is 17.0. The second-order valence-electron chi connectivity index (χ2n) is 4.40. The number of hydrogen-bond donors (Lipinski definition) is 2. The van der Waals surface area contributed by atoms with Crippen LogP contribution in [0.3, 0.4) is 0 Å². The molecule has 1 heterocycles. The summed E-state index contributed by atoms with van der Waals surface area (Å²) in [6, 6.07) is 0. The van der Waals surface area contributed by atoms with Gasteiger partial charge in [0.25, 0.3) is 0 Å². The van der Waals surface area contributed by atoms with Gasteiger partial charge < -0.3 is 10.4 Å². The van der Waals surface area contributed by atoms with Crippen molar-refractivity contribution in [1.29, 1.82) is 0 Å². The van der Waals surface area contributed by atoms with E-state index < -0.39 is 5.60 Å². The molecule has 0 aliphatic heterocycles. The minimum atomic E-state index is -1.08. The van der Waals surface area contributed by atoms with Crippen molar-refractivity contribution in [2.75, 3.05) is 18.1 Å². The van der Waals surface area contributed by atoms with Gasteiger partial charge in [-0.3, -0.25) is 9.48 Å². The Hall–Kier alpha value is -1.01. The summed E-state index contributed by atoms with van der Waals surface area (Å²) >= 11 is 1.73. The maximum absolute atomic E-state index is 11.5. The monoisotopic (exact) mass is 271 g/mol. The molecule has 1 aromatic rings. The second kappa shape index (κ2) is 6.80. The number of rotatable bonds is 7. The predicted octanol–water partition coefficient (Wildman–Crippen LogP) is 0.887. The van der Waals surface area contributed by atoms with Crippen molar-refractivity contribution in [2.45, 2.75) is 25.9 Å². The summed E-state index contributed by atoms with van der Waals surface area (Å²) in [6.45, 7) is 3.94. The molecule has 2 N–H and O–H groups in total. The van der Waals surface area contributed by atoms with Crippen LogP contribution in [-0.2, 0) is 17.4 Å². The Morgan fingerprint density at radius 2 is 2.39 bits per heavy atom. The molecule has 6 heteroatoms. The van der Waals surface area contributed by atoms with Gasteiger partial charge in [-0.05, 0) is 12.7 Å². The quantitative estimate of drug-likeness (QED) is 0.723. The first-order valence-electron chi connectivity index (χ1n) is 6.01. The molecular weight excluding hydrogens is 250 g/mol. The van der Waals surface area contributed by atoms with Gasteiger partial charge in [0.15, 0.2) is 0 Å². The Labute approximate surface area is 112 Å². The van der Waals surface area contributed by atoms with Gasteiger partial charge in [0, 0.05) is 31.0 Å². The van der Waals surface area contributed by atoms with Crippen LogP contribution in [0.2, 0.25) is 0 Å². The van der Waals surface area contributed by atoms with Gasteiger partial charge in [-0.2, -0.15) is 16.9 Å². The summed E-state index contributed by atoms with van der Waals surface area (Å²) in [5.41, 5.74) is -0.379. The molecule has 1 aromatic heterocycles. The van der Waals surface area contributed by atoms with Crippen LogP contribution in [0.4, 0.5) is 0 Å². The summed E-state index contributed by atoms with van der Waals surface area (Å²) in [5.74, 6) is 1.80. The van der Waals surface area contributed by atoms with Crippen LogP contribution in [0.5, 0.6) is 0 Å². The second-order valence-corrected chi connectivity index (χ2v) is 5.79. The Kier molecular flexibility index (Phi) is 5.68. The fourth-order valence-electron chi connectivity index (χ4n) is 1.47. The van der Waals surface area contributed by atoms with Crippen molar-refractivity contribution in [3.05, 3.63) is 18.0 Å². The van der Waals surface area contributed by atoms with Crippen LogP contribution in [0, 0.1) is 0 Å². The van der Waals surface area contributed by atoms with Crippen LogP contribution < -0.4 is 5.32 Å². The number of aliphatic hydroxyl groups is 1. The number of amides is 1. The van der Waals surface area contributed by atoms with Gasteiger partial charge in [-0.1, -0.05) is 6.92 Å². The fourth-order valence-corrected chi connectivity index (χ4v) is 2.09. The van der Waals surface area contributed by atoms with E-state index in [1.54, 1.807) is 42.8 Å². The highest BCUT2D eigenvalue weighted by Crippen LogP contribution is 2.18. The lowest BCUT2D eigenvalue weighted by atomic mass is 10.00. The van der Waals surface area contributed by atoms with E-state index in [4.69, 9.17) is 0 Å². The summed E-state index contributed by atoms with van der Waals surface area (Å²) in [7, 11) is 1.79. The minimum Gasteiger partial charge on any atom is -0.383 e. The largest absolute Gasteiger partial charge is 0.383 e. The third-order valence-electron chi connectivity index (χ3n) is 2.63. The van der Waals surface area contributed by atoms with Crippen LogP contribution >= 0.6 is 11.8 Å². The zero-order valence-electron chi connectivity index (χ0n) is 11.1. The Morgan fingerprint density at radius 3 is 2.94 bits per heavy atom. The molecular formula is C12H21N3O2S. The van der Waals surface area contributed by atoms with E-state index in [0.717, 1.165) is 11.5 Å². The number of nitrogens with zero attached hydrogens (tertiary/aromatic N) is 2. The van der Waals surface area contributed by atoms with Gasteiger partial charge in [0.2, 0.25) is 5.91 Å². The smallest absolute Gasteiger partial charge is 0.220 e. The van der Waals surface area contributed by atoms with Crippen molar-refractivity contribution in [3.63, 3.8) is 0 Å². The van der Waals surface area contributed by atoms with Crippen LogP contribution in [-0.4, -0.2) is 38.8 Å². The molecule has 1 atom stereocenters. The molecule has 18 heavy (non-hydrogen) atoms. The van der Waals surface area contributed by atoms with E-state index in [9.17, 15) is 9.90 Å². The van der Waals surface area contributed by atoms with Crippen LogP contribution in [0.1, 0.15) is 25.8 Å². The van der Waals surface area contributed by atoms with E-state index in [1.807, 2.05) is 0 Å². The number of carbonyl (C=O) groups is 1. The van der Waals surface area contributed by atoms with Crippen LogP contribution in [0.15, 0.2) is 12.4 Å². The van der Waals surface area contributed by atoms with Crippen molar-refractivity contribution in [3.8, 4) is 0 Å². The highest BCUT2D eigenvalue weighted by Gasteiger charge is 2.25. The van der Waals surface area contributed by atoms with Crippen molar-refractivity contribution in [2.24, 2.45) is 7.05 Å². The first-order chi connectivity index (χ1) is 8.45. The molecule has 0 fully saturated rings. The number of aromatic nitrogens is 2. The van der Waals surface area contributed by atoms with E-state index in [0.29, 0.717) is 12.0 Å². The lowest BCUT2D eigenvalue weighted by Gasteiger charge is -2.22. The molecule has 0 aromatic carbocycles. The first kappa shape index (κ1) is 15.0. The van der Waals surface area contributed by atoms with E-state index >= 15 is 0 Å². The van der Waals surface area contributed by atoms with Gasteiger partial charge in [-0.25, -0.2) is 0 Å². The summed E-state index contributed by atoms with van der Waals surface area (Å²) in [6.07, 6.45) is 3.85. The number of nitrogens with one attached hydrogen (secondary N) is 1. The maximum atomic E-state index is 11.5. The molecule has 1 unspecified atom stereocenters. The van der Waals surface area contributed by atoms with Crippen molar-refractivity contribution >= 4 is 17.7 Å². The van der Waals surface area contributed by atoms with Crippen LogP contribution in [0.25, 0.3) is 0 Å². The molecule has 0 aliphatic rings. The average Bonchev–Trinajstić information content (AvgIpc) is 2.75. The molecule has 102 valence electrons. The molecule has 5 nitrogen and oxygen atoms in total. The topological polar surface area (TPSA) is 67.2 Å². The van der Waals surface area contributed by atoms with Gasteiger partial charge >= 0.3 is 0 Å². The van der Waals surface area contributed by atoms with Gasteiger partial charge in [0.1, 0.15) is 5.60 Å². The van der Waals surface area contributed by atoms with E-state index in [2.05, 4.69) is 17.3 Å². The fraction of sp³-hybridized carbons (Fsp3) is 0.667. The van der Waals surface area contributed by atoms with Crippen molar-refractivity contribution < 1.29 is 9.90 Å². The predicted molar refractivity (Wildman–Crippen MR) is 73.4 cm³/mol. The number of carbonyl (C=O) groups excluding carboxylic acids is 1. The van der Waals surface area contributed by atoms with E-state index in [-0.39, 0.29) is 12.5 Å². The van der Waals surface area contributed by atoms with Crippen molar-refractivity contribution in [1.82, 2.24) is 15.1 Å². The molecule has 1 amide bonds. The minimum absolute atomic E-state index is 0.0277. The highest BCUT2D eigenvalue weighted by atomic mass is 32.2. The normalized spacial score (nSPS) is 14.2. The lowest BCUT2D eigenvalue weighted by molar-refractivity contribution is -0.121. The zero-order chi connectivity index (χ0) is 13.6. The van der Waals surface area contributed by atoms with Gasteiger partial charge in [-0.15, -0.1) is 0 Å². The SMILES string of the molecule is CCSCCC(=O)NCC(C)(O)c1cnn(C)c1. The number of thioether (sulfide) groups is 1.